The summed E-state index contributed by atoms with van der Waals surface area (Å²) in [5, 5.41) is 2.78. The van der Waals surface area contributed by atoms with E-state index in [1.807, 2.05) is 19.1 Å². The maximum absolute atomic E-state index is 11.9. The highest BCUT2D eigenvalue weighted by molar-refractivity contribution is 5.96. The third kappa shape index (κ3) is 2.66. The molecule has 0 saturated carbocycles. The van der Waals surface area contributed by atoms with Gasteiger partial charge in [-0.3, -0.25) is 4.79 Å². The van der Waals surface area contributed by atoms with Crippen LogP contribution in [0.4, 0.5) is 5.69 Å². The van der Waals surface area contributed by atoms with E-state index in [-0.39, 0.29) is 5.91 Å². The van der Waals surface area contributed by atoms with Crippen LogP contribution in [0.15, 0.2) is 41.0 Å². The topological polar surface area (TPSA) is 68.3 Å². The summed E-state index contributed by atoms with van der Waals surface area (Å²) in [6, 6.07) is 8.88. The third-order valence-corrected chi connectivity index (χ3v) is 2.51. The Bertz CT molecular complexity index is 518. The summed E-state index contributed by atoms with van der Waals surface area (Å²) >= 11 is 0. The molecular formula is C13H14N2O2. The molecule has 88 valence electrons. The van der Waals surface area contributed by atoms with Gasteiger partial charge in [-0.2, -0.15) is 0 Å². The van der Waals surface area contributed by atoms with Gasteiger partial charge in [0.15, 0.2) is 0 Å². The summed E-state index contributed by atoms with van der Waals surface area (Å²) in [5.41, 5.74) is 7.73. The minimum atomic E-state index is -0.147. The number of benzene rings is 1. The first-order chi connectivity index (χ1) is 8.16. The number of carbonyl (C=O) groups is 1. The molecule has 3 N–H and O–H groups in total. The van der Waals surface area contributed by atoms with Crippen molar-refractivity contribution in [3.8, 4) is 0 Å². The van der Waals surface area contributed by atoms with Crippen molar-refractivity contribution in [2.75, 3.05) is 5.73 Å². The molecule has 1 aromatic heterocycles. The fourth-order valence-corrected chi connectivity index (χ4v) is 1.56. The van der Waals surface area contributed by atoms with Gasteiger partial charge in [-0.1, -0.05) is 6.07 Å². The van der Waals surface area contributed by atoms with Crippen molar-refractivity contribution >= 4 is 11.6 Å². The first-order valence-electron chi connectivity index (χ1n) is 5.33. The second-order valence-corrected chi connectivity index (χ2v) is 3.84. The van der Waals surface area contributed by atoms with Crippen molar-refractivity contribution in [2.24, 2.45) is 0 Å². The van der Waals surface area contributed by atoms with E-state index in [9.17, 15) is 4.79 Å². The lowest BCUT2D eigenvalue weighted by Gasteiger charge is -2.07. The highest BCUT2D eigenvalue weighted by Crippen LogP contribution is 2.12. The first-order valence-corrected chi connectivity index (χ1v) is 5.33. The van der Waals surface area contributed by atoms with Gasteiger partial charge in [0.05, 0.1) is 12.8 Å². The molecule has 4 heteroatoms. The lowest BCUT2D eigenvalue weighted by Crippen LogP contribution is -2.23. The van der Waals surface area contributed by atoms with Crippen LogP contribution in [0.25, 0.3) is 0 Å². The van der Waals surface area contributed by atoms with Crippen LogP contribution in [-0.4, -0.2) is 5.91 Å². The number of amides is 1. The molecule has 1 aromatic carbocycles. The average molecular weight is 230 g/mol. The monoisotopic (exact) mass is 230 g/mol. The van der Waals surface area contributed by atoms with Crippen molar-refractivity contribution in [2.45, 2.75) is 13.5 Å². The maximum Gasteiger partial charge on any atom is 0.252 e. The second-order valence-electron chi connectivity index (χ2n) is 3.84. The van der Waals surface area contributed by atoms with Gasteiger partial charge in [0.2, 0.25) is 0 Å². The number of carbonyl (C=O) groups excluding carboxylic acids is 1. The first kappa shape index (κ1) is 11.3. The van der Waals surface area contributed by atoms with Gasteiger partial charge >= 0.3 is 0 Å². The molecule has 0 aliphatic heterocycles. The molecule has 0 spiro atoms. The summed E-state index contributed by atoms with van der Waals surface area (Å²) < 4.78 is 5.13. The number of nitrogens with one attached hydrogen (secondary N) is 1. The third-order valence-electron chi connectivity index (χ3n) is 2.51. The minimum Gasteiger partial charge on any atom is -0.467 e. The predicted molar refractivity (Wildman–Crippen MR) is 65.5 cm³/mol. The zero-order chi connectivity index (χ0) is 12.3. The predicted octanol–water partition coefficient (Wildman–Crippen LogP) is 2.10. The van der Waals surface area contributed by atoms with Crippen LogP contribution >= 0.6 is 0 Å². The van der Waals surface area contributed by atoms with Gasteiger partial charge < -0.3 is 15.5 Å². The van der Waals surface area contributed by atoms with Crippen LogP contribution in [0, 0.1) is 6.92 Å². The van der Waals surface area contributed by atoms with E-state index >= 15 is 0 Å². The molecule has 2 aromatic rings. The zero-order valence-corrected chi connectivity index (χ0v) is 9.57. The molecule has 4 nitrogen and oxygen atoms in total. The summed E-state index contributed by atoms with van der Waals surface area (Å²) in [6.07, 6.45) is 1.58. The van der Waals surface area contributed by atoms with Crippen LogP contribution in [0.5, 0.6) is 0 Å². The molecular weight excluding hydrogens is 216 g/mol. The van der Waals surface area contributed by atoms with Crippen LogP contribution < -0.4 is 11.1 Å². The van der Waals surface area contributed by atoms with Gasteiger partial charge in [-0.15, -0.1) is 0 Å². The van der Waals surface area contributed by atoms with Crippen molar-refractivity contribution in [3.63, 3.8) is 0 Å². The maximum atomic E-state index is 11.9. The smallest absolute Gasteiger partial charge is 0.252 e. The molecule has 1 amide bonds. The molecule has 0 radical (unpaired) electrons. The average Bonchev–Trinajstić information content (AvgIpc) is 2.82. The lowest BCUT2D eigenvalue weighted by molar-refractivity contribution is 0.0947. The Hall–Kier alpha value is -2.23. The summed E-state index contributed by atoms with van der Waals surface area (Å²) in [4.78, 5) is 11.9. The Morgan fingerprint density at radius 2 is 2.24 bits per heavy atom. The number of anilines is 1. The molecule has 0 aliphatic rings. The fraction of sp³-hybridized carbons (Fsp3) is 0.154. The summed E-state index contributed by atoms with van der Waals surface area (Å²) in [5.74, 6) is 0.575. The van der Waals surface area contributed by atoms with E-state index in [2.05, 4.69) is 5.32 Å². The van der Waals surface area contributed by atoms with Crippen molar-refractivity contribution < 1.29 is 9.21 Å². The van der Waals surface area contributed by atoms with Crippen molar-refractivity contribution in [1.29, 1.82) is 0 Å². The highest BCUT2D eigenvalue weighted by atomic mass is 16.3. The Morgan fingerprint density at radius 3 is 2.94 bits per heavy atom. The fourth-order valence-electron chi connectivity index (χ4n) is 1.56. The SMILES string of the molecule is Cc1ccc(N)cc1C(=O)NCc1ccco1. The Labute approximate surface area is 99.4 Å². The van der Waals surface area contributed by atoms with Crippen molar-refractivity contribution in [3.05, 3.63) is 53.5 Å². The molecule has 2 rings (SSSR count). The normalized spacial score (nSPS) is 10.2. The van der Waals surface area contributed by atoms with Gasteiger partial charge in [0.1, 0.15) is 5.76 Å². The molecule has 17 heavy (non-hydrogen) atoms. The van der Waals surface area contributed by atoms with Crippen LogP contribution in [0.3, 0.4) is 0 Å². The highest BCUT2D eigenvalue weighted by Gasteiger charge is 2.09. The molecule has 0 fully saturated rings. The van der Waals surface area contributed by atoms with E-state index in [1.165, 1.54) is 0 Å². The molecule has 0 unspecified atom stereocenters. The Morgan fingerprint density at radius 1 is 1.41 bits per heavy atom. The van der Waals surface area contributed by atoms with Gasteiger partial charge in [0, 0.05) is 11.3 Å². The summed E-state index contributed by atoms with van der Waals surface area (Å²) in [6.45, 7) is 2.25. The number of furan rings is 1. The molecule has 0 bridgehead atoms. The van der Waals surface area contributed by atoms with E-state index in [4.69, 9.17) is 10.2 Å². The van der Waals surface area contributed by atoms with Crippen molar-refractivity contribution in [1.82, 2.24) is 5.32 Å². The number of hydrogen-bond donors (Lipinski definition) is 2. The van der Waals surface area contributed by atoms with E-state index in [0.29, 0.717) is 17.8 Å². The number of nitrogens with two attached hydrogens (primary N) is 1. The minimum absolute atomic E-state index is 0.147. The second kappa shape index (κ2) is 4.74. The van der Waals surface area contributed by atoms with Gasteiger partial charge in [-0.05, 0) is 36.8 Å². The summed E-state index contributed by atoms with van der Waals surface area (Å²) in [7, 11) is 0. The number of rotatable bonds is 3. The number of aryl methyl sites for hydroxylation is 1. The van der Waals surface area contributed by atoms with Gasteiger partial charge in [-0.25, -0.2) is 0 Å². The Kier molecular flexibility index (Phi) is 3.14. The quantitative estimate of drug-likeness (QED) is 0.793. The molecule has 0 atom stereocenters. The standard InChI is InChI=1S/C13H14N2O2/c1-9-4-5-10(14)7-12(9)13(16)15-8-11-3-2-6-17-11/h2-7H,8,14H2,1H3,(H,15,16). The molecule has 0 aliphatic carbocycles. The van der Waals surface area contributed by atoms with Crippen LogP contribution in [-0.2, 0) is 6.54 Å². The Balaban J connectivity index is 2.07. The molecule has 1 heterocycles. The molecule has 0 saturated heterocycles. The largest absolute Gasteiger partial charge is 0.467 e. The van der Waals surface area contributed by atoms with E-state index in [1.54, 1.807) is 24.5 Å². The number of hydrogen-bond acceptors (Lipinski definition) is 3. The van der Waals surface area contributed by atoms with E-state index in [0.717, 1.165) is 11.3 Å². The van der Waals surface area contributed by atoms with E-state index < -0.39 is 0 Å². The lowest BCUT2D eigenvalue weighted by atomic mass is 10.1. The van der Waals surface area contributed by atoms with Gasteiger partial charge in [0.25, 0.3) is 5.91 Å². The number of nitrogen functional groups attached to an aromatic ring is 1. The zero-order valence-electron chi connectivity index (χ0n) is 9.57. The van der Waals surface area contributed by atoms with Crippen LogP contribution in [0.2, 0.25) is 0 Å². The van der Waals surface area contributed by atoms with Crippen LogP contribution in [0.1, 0.15) is 21.7 Å².